The van der Waals surface area contributed by atoms with E-state index in [0.29, 0.717) is 18.8 Å². The van der Waals surface area contributed by atoms with Gasteiger partial charge in [-0.2, -0.15) is 0 Å². The number of carbonyl (C=O) groups is 2. The van der Waals surface area contributed by atoms with Crippen LogP contribution in [-0.2, 0) is 14.3 Å². The van der Waals surface area contributed by atoms with Crippen LogP contribution >= 0.6 is 0 Å². The van der Waals surface area contributed by atoms with Gasteiger partial charge in [0.05, 0.1) is 6.42 Å². The molecule has 1 rings (SSSR count). The maximum Gasteiger partial charge on any atom is 0.317 e. The van der Waals surface area contributed by atoms with Crippen molar-refractivity contribution in [3.05, 3.63) is 6.42 Å². The maximum absolute atomic E-state index is 11.3. The summed E-state index contributed by atoms with van der Waals surface area (Å²) in [5.41, 5.74) is 0. The zero-order valence-corrected chi connectivity index (χ0v) is 9.33. The Balaban J connectivity index is 2.14. The van der Waals surface area contributed by atoms with E-state index in [4.69, 9.17) is 0 Å². The second-order valence-corrected chi connectivity index (χ2v) is 4.14. The van der Waals surface area contributed by atoms with Crippen molar-refractivity contribution in [2.45, 2.75) is 51.9 Å². The van der Waals surface area contributed by atoms with Gasteiger partial charge >= 0.3 is 11.9 Å². The fourth-order valence-electron chi connectivity index (χ4n) is 1.91. The zero-order valence-electron chi connectivity index (χ0n) is 9.33. The average Bonchev–Trinajstić information content (AvgIpc) is 2.67. The highest BCUT2D eigenvalue weighted by molar-refractivity contribution is 5.90. The Morgan fingerprint density at radius 2 is 2.00 bits per heavy atom. The first kappa shape index (κ1) is 12.2. The molecule has 1 radical (unpaired) electrons. The molecule has 1 aliphatic carbocycles. The molecule has 0 aromatic heterocycles. The lowest BCUT2D eigenvalue weighted by molar-refractivity contribution is -0.157. The van der Waals surface area contributed by atoms with Gasteiger partial charge in [0.2, 0.25) is 0 Å². The Hall–Kier alpha value is -0.860. The van der Waals surface area contributed by atoms with Gasteiger partial charge in [0, 0.05) is 6.42 Å². The van der Waals surface area contributed by atoms with Crippen molar-refractivity contribution in [2.24, 2.45) is 5.92 Å². The molecule has 0 bridgehead atoms. The molecule has 1 aliphatic rings. The van der Waals surface area contributed by atoms with Crippen molar-refractivity contribution in [1.29, 1.82) is 0 Å². The van der Waals surface area contributed by atoms with Gasteiger partial charge in [-0.25, -0.2) is 0 Å². The van der Waals surface area contributed by atoms with Gasteiger partial charge in [0.1, 0.15) is 0 Å². The number of ether oxygens (including phenoxy) is 1. The quantitative estimate of drug-likeness (QED) is 0.518. The summed E-state index contributed by atoms with van der Waals surface area (Å²) in [6.45, 7) is 1.98. The second-order valence-electron chi connectivity index (χ2n) is 4.14. The highest BCUT2D eigenvalue weighted by atomic mass is 16.6. The van der Waals surface area contributed by atoms with E-state index in [0.717, 1.165) is 19.3 Å². The summed E-state index contributed by atoms with van der Waals surface area (Å²) >= 11 is 0. The first-order valence-corrected chi connectivity index (χ1v) is 5.80. The van der Waals surface area contributed by atoms with Crippen molar-refractivity contribution >= 4 is 11.9 Å². The summed E-state index contributed by atoms with van der Waals surface area (Å²) in [5, 5.41) is 0. The molecule has 1 fully saturated rings. The molecule has 15 heavy (non-hydrogen) atoms. The Morgan fingerprint density at radius 3 is 2.60 bits per heavy atom. The van der Waals surface area contributed by atoms with Crippen LogP contribution in [-0.4, -0.2) is 11.9 Å². The van der Waals surface area contributed by atoms with Crippen molar-refractivity contribution in [2.75, 3.05) is 0 Å². The lowest BCUT2D eigenvalue weighted by atomic mass is 10.0. The topological polar surface area (TPSA) is 43.4 Å². The van der Waals surface area contributed by atoms with Crippen LogP contribution in [0.15, 0.2) is 0 Å². The van der Waals surface area contributed by atoms with E-state index >= 15 is 0 Å². The summed E-state index contributed by atoms with van der Waals surface area (Å²) < 4.78 is 4.68. The fraction of sp³-hybridized carbons (Fsp3) is 0.750. The van der Waals surface area contributed by atoms with Crippen LogP contribution in [0.4, 0.5) is 0 Å². The number of unbranched alkanes of at least 4 members (excludes halogenated alkanes) is 1. The summed E-state index contributed by atoms with van der Waals surface area (Å²) in [6, 6.07) is 0. The van der Waals surface area contributed by atoms with Gasteiger partial charge < -0.3 is 4.74 Å². The van der Waals surface area contributed by atoms with Crippen LogP contribution in [0.1, 0.15) is 51.9 Å². The highest BCUT2D eigenvalue weighted by Gasteiger charge is 2.20. The van der Waals surface area contributed by atoms with Gasteiger partial charge in [0.25, 0.3) is 0 Å². The molecule has 1 saturated carbocycles. The lowest BCUT2D eigenvalue weighted by Gasteiger charge is -2.07. The molecule has 3 nitrogen and oxygen atoms in total. The van der Waals surface area contributed by atoms with Gasteiger partial charge in [0.15, 0.2) is 0 Å². The molecule has 85 valence electrons. The van der Waals surface area contributed by atoms with E-state index in [-0.39, 0.29) is 5.97 Å². The first-order chi connectivity index (χ1) is 7.22. The first-order valence-electron chi connectivity index (χ1n) is 5.80. The number of rotatable bonds is 5. The lowest BCUT2D eigenvalue weighted by Crippen LogP contribution is -2.15. The van der Waals surface area contributed by atoms with Crippen LogP contribution in [0.5, 0.6) is 0 Å². The minimum absolute atomic E-state index is 0.362. The van der Waals surface area contributed by atoms with Crippen molar-refractivity contribution in [3.63, 3.8) is 0 Å². The van der Waals surface area contributed by atoms with Gasteiger partial charge in [-0.1, -0.05) is 26.2 Å². The smallest absolute Gasteiger partial charge is 0.317 e. The minimum atomic E-state index is -0.486. The van der Waals surface area contributed by atoms with E-state index < -0.39 is 5.97 Å². The van der Waals surface area contributed by atoms with Crippen LogP contribution in [0, 0.1) is 12.3 Å². The molecular weight excluding hydrogens is 192 g/mol. The number of hydrogen-bond acceptors (Lipinski definition) is 3. The third kappa shape index (κ3) is 4.96. The number of hydrogen-bond donors (Lipinski definition) is 0. The Morgan fingerprint density at radius 1 is 1.33 bits per heavy atom. The van der Waals surface area contributed by atoms with Gasteiger partial charge in [-0.05, 0) is 25.2 Å². The molecule has 0 aromatic rings. The maximum atomic E-state index is 11.3. The Kier molecular flexibility index (Phi) is 5.37. The van der Waals surface area contributed by atoms with Crippen LogP contribution in [0.3, 0.4) is 0 Å². The second kappa shape index (κ2) is 6.59. The number of carbonyl (C=O) groups excluding carboxylic acids is 2. The molecule has 0 amide bonds. The molecule has 0 N–H and O–H groups in total. The number of esters is 2. The largest absolute Gasteiger partial charge is 0.393 e. The molecule has 0 spiro atoms. The molecule has 0 heterocycles. The predicted molar refractivity (Wildman–Crippen MR) is 56.9 cm³/mol. The molecule has 0 atom stereocenters. The van der Waals surface area contributed by atoms with E-state index in [1.165, 1.54) is 19.3 Å². The third-order valence-electron chi connectivity index (χ3n) is 2.74. The monoisotopic (exact) mass is 211 g/mol. The third-order valence-corrected chi connectivity index (χ3v) is 2.74. The van der Waals surface area contributed by atoms with E-state index in [2.05, 4.69) is 4.74 Å². The molecular formula is C12H19O3. The molecule has 0 aliphatic heterocycles. The van der Waals surface area contributed by atoms with Crippen LogP contribution < -0.4 is 0 Å². The Labute approximate surface area is 91.2 Å². The van der Waals surface area contributed by atoms with Crippen molar-refractivity contribution < 1.29 is 14.3 Å². The summed E-state index contributed by atoms with van der Waals surface area (Å²) in [6.07, 6.45) is 8.02. The standard InChI is InChI=1S/C12H19O3/c1-2-3-8-11(13)15-12(14)9-10-6-4-5-7-10/h8,10H,2-7,9H2,1H3. The van der Waals surface area contributed by atoms with Gasteiger partial charge in [-0.3, -0.25) is 9.59 Å². The van der Waals surface area contributed by atoms with Crippen LogP contribution in [0.25, 0.3) is 0 Å². The van der Waals surface area contributed by atoms with Crippen molar-refractivity contribution in [3.8, 4) is 0 Å². The van der Waals surface area contributed by atoms with Crippen LogP contribution in [0.2, 0.25) is 0 Å². The minimum Gasteiger partial charge on any atom is -0.393 e. The molecule has 0 aromatic carbocycles. The summed E-state index contributed by atoms with van der Waals surface area (Å²) in [7, 11) is 0. The summed E-state index contributed by atoms with van der Waals surface area (Å²) in [4.78, 5) is 22.4. The normalized spacial score (nSPS) is 16.6. The fourth-order valence-corrected chi connectivity index (χ4v) is 1.91. The summed E-state index contributed by atoms with van der Waals surface area (Å²) in [5.74, 6) is -0.407. The zero-order chi connectivity index (χ0) is 11.1. The van der Waals surface area contributed by atoms with E-state index in [1.54, 1.807) is 0 Å². The molecule has 0 unspecified atom stereocenters. The SMILES string of the molecule is CCC[CH]C(=O)OC(=O)CC1CCCC1. The predicted octanol–water partition coefficient (Wildman–Crippen LogP) is 2.64. The van der Waals surface area contributed by atoms with E-state index in [1.807, 2.05) is 6.92 Å². The molecule has 0 saturated heterocycles. The van der Waals surface area contributed by atoms with Gasteiger partial charge in [-0.15, -0.1) is 0 Å². The Bertz CT molecular complexity index is 217. The average molecular weight is 211 g/mol. The van der Waals surface area contributed by atoms with Crippen molar-refractivity contribution in [1.82, 2.24) is 0 Å². The van der Waals surface area contributed by atoms with E-state index in [9.17, 15) is 9.59 Å². The molecule has 3 heteroatoms. The highest BCUT2D eigenvalue weighted by Crippen LogP contribution is 2.27.